The highest BCUT2D eigenvalue weighted by Crippen LogP contribution is 2.38. The number of ether oxygens (including phenoxy) is 1. The van der Waals surface area contributed by atoms with Crippen molar-refractivity contribution in [3.05, 3.63) is 33.3 Å². The molecule has 0 aromatic carbocycles. The van der Waals surface area contributed by atoms with E-state index in [4.69, 9.17) is 9.16 Å². The van der Waals surface area contributed by atoms with Gasteiger partial charge in [0.2, 0.25) is 0 Å². The van der Waals surface area contributed by atoms with Crippen LogP contribution in [-0.4, -0.2) is 41.8 Å². The van der Waals surface area contributed by atoms with Crippen molar-refractivity contribution in [2.24, 2.45) is 5.92 Å². The van der Waals surface area contributed by atoms with Gasteiger partial charge >= 0.3 is 5.69 Å². The molecule has 1 saturated heterocycles. The Morgan fingerprint density at radius 2 is 2.06 bits per heavy atom. The summed E-state index contributed by atoms with van der Waals surface area (Å²) in [6.07, 6.45) is 9.22. The third kappa shape index (κ3) is 4.83. The second kappa shape index (κ2) is 9.20. The third-order valence-electron chi connectivity index (χ3n) is 7.25. The molecular formula is C24H36BrN3O3Si. The topological polar surface area (TPSA) is 58.3 Å². The quantitative estimate of drug-likeness (QED) is 0.466. The first-order chi connectivity index (χ1) is 15.1. The van der Waals surface area contributed by atoms with Crippen LogP contribution in [0, 0.1) is 5.92 Å². The highest BCUT2D eigenvalue weighted by Gasteiger charge is 2.40. The molecule has 0 amide bonds. The first-order valence-corrected chi connectivity index (χ1v) is 15.5. The van der Waals surface area contributed by atoms with Crippen molar-refractivity contribution in [3.8, 4) is 0 Å². The number of allylic oxidation sites excluding steroid dienone is 2. The van der Waals surface area contributed by atoms with E-state index < -0.39 is 8.32 Å². The number of halogens is 1. The molecule has 2 atom stereocenters. The van der Waals surface area contributed by atoms with Crippen LogP contribution >= 0.6 is 15.9 Å². The summed E-state index contributed by atoms with van der Waals surface area (Å²) in [5.41, 5.74) is 2.71. The maximum absolute atomic E-state index is 13.6. The van der Waals surface area contributed by atoms with Crippen molar-refractivity contribution in [3.63, 3.8) is 0 Å². The number of nitrogens with zero attached hydrogens (tertiary/aromatic N) is 3. The second-order valence-corrected chi connectivity index (χ2v) is 16.5. The molecule has 2 aliphatic rings. The summed E-state index contributed by atoms with van der Waals surface area (Å²) in [5, 5.41) is 0.163. The Labute approximate surface area is 200 Å². The van der Waals surface area contributed by atoms with E-state index >= 15 is 0 Å². The number of fused-ring (bicyclic) bond motifs is 1. The number of hydrogen-bond acceptors (Lipinski definition) is 4. The van der Waals surface area contributed by atoms with Gasteiger partial charge in [-0.1, -0.05) is 26.8 Å². The van der Waals surface area contributed by atoms with E-state index in [1.165, 1.54) is 6.42 Å². The number of rotatable bonds is 5. The van der Waals surface area contributed by atoms with Gasteiger partial charge in [-0.15, -0.1) is 0 Å². The van der Waals surface area contributed by atoms with E-state index in [1.54, 1.807) is 6.20 Å². The van der Waals surface area contributed by atoms with E-state index in [0.29, 0.717) is 19.8 Å². The zero-order valence-corrected chi connectivity index (χ0v) is 22.6. The summed E-state index contributed by atoms with van der Waals surface area (Å²) in [7, 11) is -1.87. The average molecular weight is 523 g/mol. The Morgan fingerprint density at radius 3 is 2.75 bits per heavy atom. The Balaban J connectivity index is 1.62. The Kier molecular flexibility index (Phi) is 6.88. The third-order valence-corrected chi connectivity index (χ3v) is 12.2. The van der Waals surface area contributed by atoms with Crippen LogP contribution in [0.25, 0.3) is 16.9 Å². The molecule has 0 unspecified atom stereocenters. The van der Waals surface area contributed by atoms with Gasteiger partial charge in [0, 0.05) is 28.8 Å². The normalized spacial score (nSPS) is 22.9. The molecule has 32 heavy (non-hydrogen) atoms. The second-order valence-electron chi connectivity index (χ2n) is 10.8. The molecule has 1 fully saturated rings. The van der Waals surface area contributed by atoms with Crippen LogP contribution in [0.1, 0.15) is 52.9 Å². The highest BCUT2D eigenvalue weighted by atomic mass is 79.9. The number of aromatic nitrogens is 3. The van der Waals surface area contributed by atoms with Crippen LogP contribution in [0.2, 0.25) is 18.1 Å². The molecule has 1 aliphatic heterocycles. The van der Waals surface area contributed by atoms with Crippen molar-refractivity contribution in [1.29, 1.82) is 0 Å². The molecule has 0 spiro atoms. The minimum atomic E-state index is -1.87. The van der Waals surface area contributed by atoms with E-state index in [1.807, 2.05) is 15.2 Å². The van der Waals surface area contributed by atoms with Crippen LogP contribution < -0.4 is 5.69 Å². The lowest BCUT2D eigenvalue weighted by Crippen LogP contribution is -2.47. The van der Waals surface area contributed by atoms with Crippen molar-refractivity contribution in [1.82, 2.24) is 14.1 Å². The Bertz CT molecular complexity index is 1070. The molecule has 2 aromatic heterocycles. The lowest BCUT2D eigenvalue weighted by Gasteiger charge is -2.41. The number of pyridine rings is 1. The molecule has 0 radical (unpaired) electrons. The smallest absolute Gasteiger partial charge is 0.334 e. The van der Waals surface area contributed by atoms with Gasteiger partial charge in [-0.3, -0.25) is 4.57 Å². The summed E-state index contributed by atoms with van der Waals surface area (Å²) < 4.78 is 17.2. The van der Waals surface area contributed by atoms with Gasteiger partial charge in [-0.25, -0.2) is 14.3 Å². The molecule has 6 nitrogen and oxygen atoms in total. The van der Waals surface area contributed by atoms with E-state index in [0.717, 1.165) is 47.0 Å². The zero-order valence-electron chi connectivity index (χ0n) is 20.0. The van der Waals surface area contributed by atoms with Crippen LogP contribution in [0.3, 0.4) is 0 Å². The van der Waals surface area contributed by atoms with Crippen LogP contribution in [-0.2, 0) is 15.7 Å². The molecule has 176 valence electrons. The van der Waals surface area contributed by atoms with E-state index in [9.17, 15) is 4.79 Å². The molecule has 0 saturated carbocycles. The van der Waals surface area contributed by atoms with E-state index in [2.05, 4.69) is 60.9 Å². The standard InChI is InChI=1S/C24H36BrN3O3Si/c1-24(2,3)32(4,5)31-20-11-17(15-30-16-20)14-27-21-12-18(25)13-26-22(21)28(23(27)29)19-9-7-6-8-10-19/h9,12-13,17,20H,6-8,10-11,14-16H2,1-5H3/t17-,20+/m1/s1. The van der Waals surface area contributed by atoms with Gasteiger partial charge in [-0.05, 0) is 72.2 Å². The lowest BCUT2D eigenvalue weighted by atomic mass is 10.0. The summed E-state index contributed by atoms with van der Waals surface area (Å²) >= 11 is 3.54. The van der Waals surface area contributed by atoms with Crippen LogP contribution in [0.15, 0.2) is 27.6 Å². The fourth-order valence-electron chi connectivity index (χ4n) is 4.50. The largest absolute Gasteiger partial charge is 0.412 e. The molecule has 4 rings (SSSR count). The monoisotopic (exact) mass is 521 g/mol. The minimum absolute atomic E-state index is 0.00573. The summed E-state index contributed by atoms with van der Waals surface area (Å²) in [4.78, 5) is 18.2. The maximum Gasteiger partial charge on any atom is 0.334 e. The summed E-state index contributed by atoms with van der Waals surface area (Å²) in [6, 6.07) is 2.01. The SMILES string of the molecule is CC(C)(C)[Si](C)(C)O[C@@H]1COC[C@@H](Cn2c(=O)n(C3=CCCCC3)c3ncc(Br)cc32)C1. The summed E-state index contributed by atoms with van der Waals surface area (Å²) in [5.74, 6) is 0.231. The van der Waals surface area contributed by atoms with Crippen molar-refractivity contribution >= 4 is 41.1 Å². The predicted molar refractivity (Wildman–Crippen MR) is 135 cm³/mol. The summed E-state index contributed by atoms with van der Waals surface area (Å²) in [6.45, 7) is 13.3. The van der Waals surface area contributed by atoms with Crippen LogP contribution in [0.5, 0.6) is 0 Å². The fourth-order valence-corrected chi connectivity index (χ4v) is 6.17. The van der Waals surface area contributed by atoms with Gasteiger partial charge < -0.3 is 9.16 Å². The molecule has 0 bridgehead atoms. The maximum atomic E-state index is 13.6. The van der Waals surface area contributed by atoms with Gasteiger partial charge in [-0.2, -0.15) is 0 Å². The first kappa shape index (κ1) is 23.9. The van der Waals surface area contributed by atoms with Gasteiger partial charge in [0.05, 0.1) is 24.8 Å². The highest BCUT2D eigenvalue weighted by molar-refractivity contribution is 9.10. The molecular weight excluding hydrogens is 486 g/mol. The average Bonchev–Trinajstić information content (AvgIpc) is 2.99. The van der Waals surface area contributed by atoms with Gasteiger partial charge in [0.1, 0.15) is 0 Å². The van der Waals surface area contributed by atoms with Gasteiger partial charge in [0.25, 0.3) is 0 Å². The van der Waals surface area contributed by atoms with Gasteiger partial charge in [0.15, 0.2) is 14.0 Å². The van der Waals surface area contributed by atoms with Crippen molar-refractivity contribution in [2.75, 3.05) is 13.2 Å². The minimum Gasteiger partial charge on any atom is -0.412 e. The fraction of sp³-hybridized carbons (Fsp3) is 0.667. The predicted octanol–water partition coefficient (Wildman–Crippen LogP) is 5.80. The Morgan fingerprint density at radius 1 is 1.28 bits per heavy atom. The molecule has 1 aliphatic carbocycles. The van der Waals surface area contributed by atoms with Crippen molar-refractivity contribution in [2.45, 2.75) is 83.7 Å². The molecule has 2 aromatic rings. The molecule has 0 N–H and O–H groups in total. The molecule has 8 heteroatoms. The number of hydrogen-bond donors (Lipinski definition) is 0. The number of imidazole rings is 1. The first-order valence-electron chi connectivity index (χ1n) is 11.8. The Hall–Kier alpha value is -1.22. The van der Waals surface area contributed by atoms with E-state index in [-0.39, 0.29) is 22.7 Å². The molecule has 3 heterocycles. The van der Waals surface area contributed by atoms with Crippen molar-refractivity contribution < 1.29 is 9.16 Å². The van der Waals surface area contributed by atoms with Crippen LogP contribution in [0.4, 0.5) is 0 Å². The zero-order chi connectivity index (χ0) is 23.1. The lowest BCUT2D eigenvalue weighted by molar-refractivity contribution is -0.0338.